The molecule has 1 unspecified atom stereocenters. The molecule has 0 aliphatic heterocycles. The predicted molar refractivity (Wildman–Crippen MR) is 92.8 cm³/mol. The van der Waals surface area contributed by atoms with E-state index in [4.69, 9.17) is 15.3 Å². The van der Waals surface area contributed by atoms with Crippen LogP contribution in [-0.2, 0) is 17.0 Å². The third-order valence-corrected chi connectivity index (χ3v) is 4.35. The highest BCUT2D eigenvalue weighted by atomic mass is 32.2. The molecule has 0 saturated carbocycles. The van der Waals surface area contributed by atoms with E-state index in [0.717, 1.165) is 16.7 Å². The molecular formula is C17H16N4O3S. The van der Waals surface area contributed by atoms with Crippen molar-refractivity contribution < 1.29 is 14.3 Å². The number of carboxylic acids is 1. The Labute approximate surface area is 148 Å². The number of pyridine rings is 1. The number of aliphatic carboxylic acids is 1. The second kappa shape index (κ2) is 7.91. The van der Waals surface area contributed by atoms with E-state index in [1.165, 1.54) is 11.8 Å². The first kappa shape index (κ1) is 17.1. The van der Waals surface area contributed by atoms with Crippen LogP contribution in [0.3, 0.4) is 0 Å². The maximum absolute atomic E-state index is 10.9. The van der Waals surface area contributed by atoms with Crippen LogP contribution in [0.25, 0.3) is 11.5 Å². The molecule has 25 heavy (non-hydrogen) atoms. The Morgan fingerprint density at radius 3 is 2.72 bits per heavy atom. The average molecular weight is 356 g/mol. The number of nitrogens with zero attached hydrogens (tertiary/aromatic N) is 3. The number of benzene rings is 1. The maximum atomic E-state index is 10.9. The standard InChI is InChI=1S/C17H16N4O3S/c18-14(16(22)23)9-11-2-1-3-12(8-11)10-25-17-21-20-15(24-17)13-4-6-19-7-5-13/h1-8,14H,9-10,18H2,(H,22,23). The van der Waals surface area contributed by atoms with Gasteiger partial charge in [-0.25, -0.2) is 0 Å². The van der Waals surface area contributed by atoms with E-state index in [1.807, 2.05) is 24.3 Å². The molecule has 128 valence electrons. The van der Waals surface area contributed by atoms with Gasteiger partial charge in [-0.1, -0.05) is 36.0 Å². The quantitative estimate of drug-likeness (QED) is 0.620. The number of thioether (sulfide) groups is 1. The zero-order valence-corrected chi connectivity index (χ0v) is 14.0. The van der Waals surface area contributed by atoms with E-state index >= 15 is 0 Å². The largest absolute Gasteiger partial charge is 0.480 e. The van der Waals surface area contributed by atoms with Gasteiger partial charge in [0, 0.05) is 23.7 Å². The average Bonchev–Trinajstić information content (AvgIpc) is 3.10. The van der Waals surface area contributed by atoms with Crippen molar-refractivity contribution in [2.45, 2.75) is 23.4 Å². The lowest BCUT2D eigenvalue weighted by Gasteiger charge is -2.07. The Morgan fingerprint density at radius 1 is 1.20 bits per heavy atom. The lowest BCUT2D eigenvalue weighted by atomic mass is 10.0. The van der Waals surface area contributed by atoms with Crippen LogP contribution in [0.2, 0.25) is 0 Å². The summed E-state index contributed by atoms with van der Waals surface area (Å²) in [6.07, 6.45) is 3.62. The molecule has 3 N–H and O–H groups in total. The van der Waals surface area contributed by atoms with Crippen LogP contribution in [0, 0.1) is 0 Å². The van der Waals surface area contributed by atoms with Gasteiger partial charge < -0.3 is 15.3 Å². The van der Waals surface area contributed by atoms with E-state index in [2.05, 4.69) is 15.2 Å². The molecule has 0 saturated heterocycles. The predicted octanol–water partition coefficient (Wildman–Crippen LogP) is 2.38. The molecule has 1 aromatic carbocycles. The Balaban J connectivity index is 1.62. The second-order valence-corrected chi connectivity index (χ2v) is 6.29. The molecule has 3 aromatic rings. The molecule has 0 fully saturated rings. The summed E-state index contributed by atoms with van der Waals surface area (Å²) in [4.78, 5) is 14.8. The Bertz CT molecular complexity index is 854. The van der Waals surface area contributed by atoms with Crippen LogP contribution in [-0.4, -0.2) is 32.3 Å². The summed E-state index contributed by atoms with van der Waals surface area (Å²) in [7, 11) is 0. The SMILES string of the molecule is NC(Cc1cccc(CSc2nnc(-c3ccncc3)o2)c1)C(=O)O. The highest BCUT2D eigenvalue weighted by Gasteiger charge is 2.13. The molecule has 0 radical (unpaired) electrons. The number of hydrogen-bond acceptors (Lipinski definition) is 7. The van der Waals surface area contributed by atoms with Gasteiger partial charge in [0.05, 0.1) is 0 Å². The molecule has 0 amide bonds. The van der Waals surface area contributed by atoms with Crippen LogP contribution in [0.4, 0.5) is 0 Å². The van der Waals surface area contributed by atoms with Crippen molar-refractivity contribution in [3.05, 3.63) is 59.9 Å². The second-order valence-electron chi connectivity index (χ2n) is 5.37. The molecular weight excluding hydrogens is 340 g/mol. The lowest BCUT2D eigenvalue weighted by molar-refractivity contribution is -0.138. The number of nitrogens with two attached hydrogens (primary N) is 1. The van der Waals surface area contributed by atoms with Crippen molar-refractivity contribution in [2.75, 3.05) is 0 Å². The first-order valence-electron chi connectivity index (χ1n) is 7.55. The van der Waals surface area contributed by atoms with Gasteiger partial charge in [0.2, 0.25) is 5.89 Å². The Kier molecular flexibility index (Phi) is 5.42. The fourth-order valence-electron chi connectivity index (χ4n) is 2.21. The molecule has 0 spiro atoms. The molecule has 8 heteroatoms. The number of hydrogen-bond donors (Lipinski definition) is 2. The van der Waals surface area contributed by atoms with Gasteiger partial charge in [-0.05, 0) is 29.7 Å². The van der Waals surface area contributed by atoms with Crippen molar-refractivity contribution in [1.29, 1.82) is 0 Å². The van der Waals surface area contributed by atoms with E-state index < -0.39 is 12.0 Å². The van der Waals surface area contributed by atoms with Crippen LogP contribution in [0.5, 0.6) is 0 Å². The maximum Gasteiger partial charge on any atom is 0.320 e. The summed E-state index contributed by atoms with van der Waals surface area (Å²) >= 11 is 1.42. The van der Waals surface area contributed by atoms with Gasteiger partial charge in [-0.15, -0.1) is 10.2 Å². The summed E-state index contributed by atoms with van der Waals surface area (Å²) in [5.41, 5.74) is 8.31. The third kappa shape index (κ3) is 4.65. The van der Waals surface area contributed by atoms with Crippen LogP contribution in [0.1, 0.15) is 11.1 Å². The first-order valence-corrected chi connectivity index (χ1v) is 8.53. The zero-order valence-electron chi connectivity index (χ0n) is 13.2. The van der Waals surface area contributed by atoms with Crippen molar-refractivity contribution in [1.82, 2.24) is 15.2 Å². The number of carboxylic acid groups (broad SMARTS) is 1. The van der Waals surface area contributed by atoms with Gasteiger partial charge in [0.15, 0.2) is 0 Å². The summed E-state index contributed by atoms with van der Waals surface area (Å²) in [5.74, 6) is 0.0778. The normalized spacial score (nSPS) is 12.0. The van der Waals surface area contributed by atoms with Gasteiger partial charge in [-0.2, -0.15) is 0 Å². The summed E-state index contributed by atoms with van der Waals surface area (Å²) < 4.78 is 5.63. The van der Waals surface area contributed by atoms with Crippen molar-refractivity contribution in [3.63, 3.8) is 0 Å². The highest BCUT2D eigenvalue weighted by molar-refractivity contribution is 7.98. The highest BCUT2D eigenvalue weighted by Crippen LogP contribution is 2.25. The topological polar surface area (TPSA) is 115 Å². The smallest absolute Gasteiger partial charge is 0.320 e. The molecule has 1 atom stereocenters. The summed E-state index contributed by atoms with van der Waals surface area (Å²) in [5, 5.41) is 17.4. The van der Waals surface area contributed by atoms with Crippen molar-refractivity contribution >= 4 is 17.7 Å². The molecule has 3 rings (SSSR count). The van der Waals surface area contributed by atoms with Gasteiger partial charge in [0.1, 0.15) is 6.04 Å². The molecule has 7 nitrogen and oxygen atoms in total. The fraction of sp³-hybridized carbons (Fsp3) is 0.176. The van der Waals surface area contributed by atoms with Gasteiger partial charge >= 0.3 is 5.97 Å². The van der Waals surface area contributed by atoms with Crippen LogP contribution in [0.15, 0.2) is 58.4 Å². The van der Waals surface area contributed by atoms with Gasteiger partial charge in [0.25, 0.3) is 5.22 Å². The lowest BCUT2D eigenvalue weighted by Crippen LogP contribution is -2.32. The minimum atomic E-state index is -1.01. The summed E-state index contributed by atoms with van der Waals surface area (Å²) in [6.45, 7) is 0. The third-order valence-electron chi connectivity index (χ3n) is 3.46. The van der Waals surface area contributed by atoms with Crippen molar-refractivity contribution in [3.8, 4) is 11.5 Å². The molecule has 0 aliphatic rings. The summed E-state index contributed by atoms with van der Waals surface area (Å²) in [6, 6.07) is 10.4. The molecule has 2 aromatic heterocycles. The number of carbonyl (C=O) groups is 1. The van der Waals surface area contributed by atoms with Crippen LogP contribution < -0.4 is 5.73 Å². The van der Waals surface area contributed by atoms with E-state index in [-0.39, 0.29) is 0 Å². The molecule has 0 aliphatic carbocycles. The monoisotopic (exact) mass is 356 g/mol. The van der Waals surface area contributed by atoms with E-state index in [0.29, 0.717) is 23.3 Å². The minimum absolute atomic E-state index is 0.292. The van der Waals surface area contributed by atoms with E-state index in [9.17, 15) is 4.79 Å². The Morgan fingerprint density at radius 2 is 1.96 bits per heavy atom. The Hall–Kier alpha value is -2.71. The van der Waals surface area contributed by atoms with Crippen molar-refractivity contribution in [2.24, 2.45) is 5.73 Å². The molecule has 0 bridgehead atoms. The molecule has 2 heterocycles. The zero-order chi connectivity index (χ0) is 17.6. The van der Waals surface area contributed by atoms with E-state index in [1.54, 1.807) is 24.5 Å². The fourth-order valence-corrected chi connectivity index (χ4v) is 2.92. The number of rotatable bonds is 7. The number of aromatic nitrogens is 3. The van der Waals surface area contributed by atoms with Gasteiger partial charge in [-0.3, -0.25) is 9.78 Å². The minimum Gasteiger partial charge on any atom is -0.480 e. The first-order chi connectivity index (χ1) is 12.1. The van der Waals surface area contributed by atoms with Crippen LogP contribution >= 0.6 is 11.8 Å².